The fourth-order valence-electron chi connectivity index (χ4n) is 8.16. The maximum absolute atomic E-state index is 15.5. The molecule has 0 amide bonds. The number of carboxylic acid groups (broad SMARTS) is 1. The molecule has 2 nitrogen and oxygen atoms in total. The molecule has 4 aliphatic carbocycles. The average molecular weight is 419 g/mol. The fourth-order valence-corrected chi connectivity index (χ4v) is 8.16. The van der Waals surface area contributed by atoms with Crippen molar-refractivity contribution in [3.05, 3.63) is 0 Å². The lowest BCUT2D eigenvalue weighted by Gasteiger charge is -2.63. The van der Waals surface area contributed by atoms with Gasteiger partial charge in [0.05, 0.1) is 0 Å². The van der Waals surface area contributed by atoms with E-state index in [-0.39, 0.29) is 36.5 Å². The molecule has 29 heavy (non-hydrogen) atoms. The Labute approximate surface area is 170 Å². The van der Waals surface area contributed by atoms with Crippen LogP contribution in [0.5, 0.6) is 0 Å². The molecule has 4 aliphatic rings. The first-order valence-electron chi connectivity index (χ1n) is 11.4. The standard InChI is InChI=1S/C23H34F4O2/c1-20-9-8-17-19(16(20)7-6-14(20)4-3-5-18(28)29)23(26,27)13-15-12-22(24,25)11-10-21(15,17)2/h14-17,19H,3-13H2,1-2H3,(H,28,29). The van der Waals surface area contributed by atoms with E-state index in [9.17, 15) is 13.6 Å². The smallest absolute Gasteiger partial charge is 0.303 e. The molecule has 0 aromatic heterocycles. The summed E-state index contributed by atoms with van der Waals surface area (Å²) >= 11 is 0. The molecule has 0 heterocycles. The summed E-state index contributed by atoms with van der Waals surface area (Å²) in [6.07, 6.45) is 4.14. The maximum atomic E-state index is 15.5. The molecule has 0 spiro atoms. The topological polar surface area (TPSA) is 37.3 Å². The third-order valence-corrected chi connectivity index (χ3v) is 9.77. The van der Waals surface area contributed by atoms with Gasteiger partial charge in [-0.15, -0.1) is 0 Å². The molecule has 6 heteroatoms. The molecule has 7 atom stereocenters. The molecule has 0 aromatic carbocycles. The second-order valence-electron chi connectivity index (χ2n) is 11.1. The minimum atomic E-state index is -2.88. The number of hydrogen-bond acceptors (Lipinski definition) is 1. The van der Waals surface area contributed by atoms with Gasteiger partial charge in [-0.3, -0.25) is 4.79 Å². The van der Waals surface area contributed by atoms with Crippen LogP contribution in [0.2, 0.25) is 0 Å². The normalized spacial score (nSPS) is 47.7. The number of carboxylic acids is 1. The van der Waals surface area contributed by atoms with Crippen LogP contribution in [-0.4, -0.2) is 22.9 Å². The van der Waals surface area contributed by atoms with Gasteiger partial charge in [0.15, 0.2) is 0 Å². The maximum Gasteiger partial charge on any atom is 0.303 e. The van der Waals surface area contributed by atoms with Crippen molar-refractivity contribution in [1.29, 1.82) is 0 Å². The quantitative estimate of drug-likeness (QED) is 0.511. The number of halogens is 4. The molecule has 4 fully saturated rings. The van der Waals surface area contributed by atoms with E-state index >= 15 is 8.78 Å². The summed E-state index contributed by atoms with van der Waals surface area (Å²) in [7, 11) is 0. The Morgan fingerprint density at radius 2 is 1.62 bits per heavy atom. The minimum Gasteiger partial charge on any atom is -0.481 e. The van der Waals surface area contributed by atoms with Gasteiger partial charge in [0.2, 0.25) is 5.92 Å². The molecular weight excluding hydrogens is 384 g/mol. The van der Waals surface area contributed by atoms with E-state index in [4.69, 9.17) is 5.11 Å². The van der Waals surface area contributed by atoms with Gasteiger partial charge < -0.3 is 5.11 Å². The van der Waals surface area contributed by atoms with Crippen molar-refractivity contribution in [1.82, 2.24) is 0 Å². The Morgan fingerprint density at radius 3 is 2.31 bits per heavy atom. The van der Waals surface area contributed by atoms with Crippen LogP contribution in [0.1, 0.15) is 84.5 Å². The van der Waals surface area contributed by atoms with Crippen molar-refractivity contribution < 1.29 is 27.5 Å². The molecule has 0 aromatic rings. The molecule has 0 saturated heterocycles. The molecule has 0 bridgehead atoms. The van der Waals surface area contributed by atoms with Crippen LogP contribution in [0, 0.1) is 40.4 Å². The fraction of sp³-hybridized carbons (Fsp3) is 0.957. The van der Waals surface area contributed by atoms with Crippen LogP contribution in [0.4, 0.5) is 17.6 Å². The second-order valence-corrected chi connectivity index (χ2v) is 11.1. The summed E-state index contributed by atoms with van der Waals surface area (Å²) < 4.78 is 59.1. The van der Waals surface area contributed by atoms with E-state index in [1.54, 1.807) is 0 Å². The Hall–Kier alpha value is -0.810. The molecule has 4 rings (SSSR count). The lowest BCUT2D eigenvalue weighted by atomic mass is 9.43. The number of fused-ring (bicyclic) bond motifs is 5. The van der Waals surface area contributed by atoms with Gasteiger partial charge in [0.1, 0.15) is 0 Å². The van der Waals surface area contributed by atoms with Crippen LogP contribution in [0.25, 0.3) is 0 Å². The third kappa shape index (κ3) is 3.40. The highest BCUT2D eigenvalue weighted by molar-refractivity contribution is 5.66. The lowest BCUT2D eigenvalue weighted by molar-refractivity contribution is -0.249. The molecule has 166 valence electrons. The van der Waals surface area contributed by atoms with E-state index in [0.29, 0.717) is 25.2 Å². The molecule has 4 saturated carbocycles. The van der Waals surface area contributed by atoms with E-state index in [0.717, 1.165) is 25.7 Å². The van der Waals surface area contributed by atoms with Gasteiger partial charge >= 0.3 is 5.97 Å². The highest BCUT2D eigenvalue weighted by Crippen LogP contribution is 2.71. The number of carbonyl (C=O) groups is 1. The summed E-state index contributed by atoms with van der Waals surface area (Å²) in [4.78, 5) is 10.9. The lowest BCUT2D eigenvalue weighted by Crippen LogP contribution is -2.61. The Kier molecular flexibility index (Phi) is 5.06. The number of hydrogen-bond donors (Lipinski definition) is 1. The molecule has 0 radical (unpaired) electrons. The SMILES string of the molecule is CC12CCC3C(C1CCC2CCCC(=O)O)C(F)(F)CC1CC(F)(F)CCC13C. The van der Waals surface area contributed by atoms with Crippen LogP contribution in [-0.2, 0) is 4.79 Å². The third-order valence-electron chi connectivity index (χ3n) is 9.77. The Balaban J connectivity index is 1.58. The molecular formula is C23H34F4O2. The van der Waals surface area contributed by atoms with Crippen LogP contribution < -0.4 is 0 Å². The van der Waals surface area contributed by atoms with Gasteiger partial charge in [-0.1, -0.05) is 13.8 Å². The van der Waals surface area contributed by atoms with Gasteiger partial charge in [-0.25, -0.2) is 17.6 Å². The van der Waals surface area contributed by atoms with E-state index in [1.807, 2.05) is 6.92 Å². The monoisotopic (exact) mass is 418 g/mol. The van der Waals surface area contributed by atoms with Crippen molar-refractivity contribution in [2.45, 2.75) is 96.3 Å². The van der Waals surface area contributed by atoms with E-state index in [1.165, 1.54) is 0 Å². The summed E-state index contributed by atoms with van der Waals surface area (Å²) in [6.45, 7) is 4.16. The number of alkyl halides is 4. The van der Waals surface area contributed by atoms with Gasteiger partial charge in [0.25, 0.3) is 5.92 Å². The zero-order valence-corrected chi connectivity index (χ0v) is 17.5. The Morgan fingerprint density at radius 1 is 0.931 bits per heavy atom. The van der Waals surface area contributed by atoms with Crippen LogP contribution >= 0.6 is 0 Å². The van der Waals surface area contributed by atoms with Crippen molar-refractivity contribution >= 4 is 5.97 Å². The second kappa shape index (κ2) is 6.85. The van der Waals surface area contributed by atoms with Gasteiger partial charge in [-0.2, -0.15) is 0 Å². The minimum absolute atomic E-state index is 0.0775. The van der Waals surface area contributed by atoms with Crippen molar-refractivity contribution in [2.24, 2.45) is 40.4 Å². The highest BCUT2D eigenvalue weighted by atomic mass is 19.3. The summed E-state index contributed by atoms with van der Waals surface area (Å²) in [5, 5.41) is 8.93. The first-order valence-corrected chi connectivity index (χ1v) is 11.4. The summed E-state index contributed by atoms with van der Waals surface area (Å²) in [5.74, 6) is -7.76. The average Bonchev–Trinajstić information content (AvgIpc) is 2.92. The summed E-state index contributed by atoms with van der Waals surface area (Å²) in [6, 6.07) is 0. The number of rotatable bonds is 4. The van der Waals surface area contributed by atoms with E-state index < -0.39 is 41.5 Å². The van der Waals surface area contributed by atoms with Crippen LogP contribution in [0.3, 0.4) is 0 Å². The van der Waals surface area contributed by atoms with E-state index in [2.05, 4.69) is 6.92 Å². The van der Waals surface area contributed by atoms with Gasteiger partial charge in [-0.05, 0) is 79.4 Å². The number of aliphatic carboxylic acids is 1. The van der Waals surface area contributed by atoms with Crippen molar-refractivity contribution in [3.63, 3.8) is 0 Å². The van der Waals surface area contributed by atoms with Gasteiger partial charge in [0, 0.05) is 31.6 Å². The molecule has 7 unspecified atom stereocenters. The predicted molar refractivity (Wildman–Crippen MR) is 102 cm³/mol. The predicted octanol–water partition coefficient (Wildman–Crippen LogP) is 6.78. The van der Waals surface area contributed by atoms with Crippen molar-refractivity contribution in [3.8, 4) is 0 Å². The summed E-state index contributed by atoms with van der Waals surface area (Å²) in [5.41, 5.74) is -0.582. The largest absolute Gasteiger partial charge is 0.481 e. The zero-order valence-electron chi connectivity index (χ0n) is 17.5. The first-order chi connectivity index (χ1) is 13.4. The highest BCUT2D eigenvalue weighted by Gasteiger charge is 2.68. The zero-order chi connectivity index (χ0) is 21.2. The van der Waals surface area contributed by atoms with Crippen LogP contribution in [0.15, 0.2) is 0 Å². The first kappa shape index (κ1) is 21.4. The Bertz CT molecular complexity index is 665. The van der Waals surface area contributed by atoms with Crippen molar-refractivity contribution in [2.75, 3.05) is 0 Å². The molecule has 0 aliphatic heterocycles. The molecule has 1 N–H and O–H groups in total.